The van der Waals surface area contributed by atoms with E-state index in [1.165, 1.54) is 12.1 Å². The highest BCUT2D eigenvalue weighted by molar-refractivity contribution is 5.80. The largest absolute Gasteiger partial charge is 0.480 e. The van der Waals surface area contributed by atoms with Gasteiger partial charge in [0.2, 0.25) is 5.41 Å². The van der Waals surface area contributed by atoms with Gasteiger partial charge in [-0.2, -0.15) is 10.2 Å². The fraction of sp³-hybridized carbons (Fsp3) is 0.500. The van der Waals surface area contributed by atoms with Crippen molar-refractivity contribution in [2.24, 2.45) is 5.41 Å². The number of carbonyl (C=O) groups is 1. The van der Waals surface area contributed by atoms with Crippen LogP contribution in [0.2, 0.25) is 0 Å². The summed E-state index contributed by atoms with van der Waals surface area (Å²) < 4.78 is 5.92. The molecule has 1 aromatic heterocycles. The first-order valence-corrected chi connectivity index (χ1v) is 6.41. The topological polar surface area (TPSA) is 192 Å². The van der Waals surface area contributed by atoms with Crippen LogP contribution in [0.4, 0.5) is 5.82 Å². The Morgan fingerprint density at radius 3 is 2.65 bits per heavy atom. The average Bonchev–Trinajstić information content (AvgIpc) is 2.49. The van der Waals surface area contributed by atoms with Crippen LogP contribution in [0.5, 0.6) is 0 Å². The van der Waals surface area contributed by atoms with Crippen molar-refractivity contribution in [1.82, 2.24) is 9.55 Å². The van der Waals surface area contributed by atoms with Crippen LogP contribution in [0.3, 0.4) is 0 Å². The molecule has 0 bridgehead atoms. The smallest absolute Gasteiger partial charge is 0.351 e. The van der Waals surface area contributed by atoms with E-state index in [1.807, 2.05) is 0 Å². The minimum atomic E-state index is -2.70. The Balaban J connectivity index is 2.59. The zero-order chi connectivity index (χ0) is 17.4. The van der Waals surface area contributed by atoms with Crippen molar-refractivity contribution < 1.29 is 30.0 Å². The van der Waals surface area contributed by atoms with E-state index in [0.717, 1.165) is 10.8 Å². The molecule has 0 aromatic carbocycles. The molecular weight excluding hydrogens is 312 g/mol. The van der Waals surface area contributed by atoms with Gasteiger partial charge in [-0.15, -0.1) is 0 Å². The maximum atomic E-state index is 11.9. The highest BCUT2D eigenvalue weighted by Crippen LogP contribution is 2.41. The molecule has 1 aliphatic rings. The van der Waals surface area contributed by atoms with E-state index in [-0.39, 0.29) is 5.82 Å². The summed E-state index contributed by atoms with van der Waals surface area (Å²) in [5, 5.41) is 48.1. The number of nitriles is 1. The van der Waals surface area contributed by atoms with E-state index in [0.29, 0.717) is 0 Å². The van der Waals surface area contributed by atoms with Gasteiger partial charge in [0.05, 0.1) is 12.7 Å². The number of aliphatic carboxylic acids is 1. The number of rotatable bonds is 3. The van der Waals surface area contributed by atoms with Crippen molar-refractivity contribution >= 4 is 11.8 Å². The molecule has 11 heteroatoms. The zero-order valence-electron chi connectivity index (χ0n) is 11.6. The van der Waals surface area contributed by atoms with Gasteiger partial charge < -0.3 is 30.9 Å². The molecule has 0 unspecified atom stereocenters. The Kier molecular flexibility index (Phi) is 4.35. The normalized spacial score (nSPS) is 33.8. The molecule has 0 aliphatic carbocycles. The lowest BCUT2D eigenvalue weighted by Gasteiger charge is -2.45. The number of hydrogen-bond acceptors (Lipinski definition) is 9. The van der Waals surface area contributed by atoms with Gasteiger partial charge in [-0.25, -0.2) is 4.79 Å². The van der Waals surface area contributed by atoms with Gasteiger partial charge in [0.15, 0.2) is 6.23 Å². The monoisotopic (exact) mass is 326 g/mol. The van der Waals surface area contributed by atoms with E-state index >= 15 is 0 Å². The van der Waals surface area contributed by atoms with Gasteiger partial charge in [0, 0.05) is 6.20 Å². The molecule has 1 saturated heterocycles. The van der Waals surface area contributed by atoms with Gasteiger partial charge in [-0.1, -0.05) is 0 Å². The summed E-state index contributed by atoms with van der Waals surface area (Å²) in [6.45, 7) is -0.835. The predicted octanol–water partition coefficient (Wildman–Crippen LogP) is -2.97. The van der Waals surface area contributed by atoms with Gasteiger partial charge in [0.1, 0.15) is 24.1 Å². The number of carboxylic acid groups (broad SMARTS) is 1. The van der Waals surface area contributed by atoms with E-state index in [1.54, 1.807) is 0 Å². The number of nitrogens with zero attached hydrogens (tertiary/aromatic N) is 3. The number of ether oxygens (including phenoxy) is 1. The number of hydrogen-bond donors (Lipinski definition) is 5. The first kappa shape index (κ1) is 16.8. The lowest BCUT2D eigenvalue weighted by molar-refractivity contribution is -0.255. The Morgan fingerprint density at radius 2 is 2.17 bits per heavy atom. The summed E-state index contributed by atoms with van der Waals surface area (Å²) in [7, 11) is 0. The molecular formula is C12H14N4O7. The van der Waals surface area contributed by atoms with Crippen LogP contribution in [0.1, 0.15) is 6.23 Å². The van der Waals surface area contributed by atoms with Crippen molar-refractivity contribution in [1.29, 1.82) is 5.26 Å². The summed E-state index contributed by atoms with van der Waals surface area (Å²) in [5.41, 5.74) is 1.68. The third kappa shape index (κ3) is 2.43. The lowest BCUT2D eigenvalue weighted by atomic mass is 9.73. The van der Waals surface area contributed by atoms with Gasteiger partial charge in [-0.3, -0.25) is 9.36 Å². The molecule has 0 radical (unpaired) electrons. The maximum absolute atomic E-state index is 11.9. The molecule has 1 aliphatic heterocycles. The quantitative estimate of drug-likeness (QED) is 0.383. The minimum absolute atomic E-state index is 0.111. The Labute approximate surface area is 128 Å². The summed E-state index contributed by atoms with van der Waals surface area (Å²) >= 11 is 0. The molecule has 11 nitrogen and oxygen atoms in total. The SMILES string of the molecule is N#C[C@]1(C(=O)O)[C@H](O)[C@@H](CO)O[C@H](n2ccc(N)nc2=O)[C@@H]1O. The number of aliphatic hydroxyl groups is 3. The average molecular weight is 326 g/mol. The molecule has 124 valence electrons. The second-order valence-corrected chi connectivity index (χ2v) is 4.97. The first-order chi connectivity index (χ1) is 10.8. The first-order valence-electron chi connectivity index (χ1n) is 6.41. The summed E-state index contributed by atoms with van der Waals surface area (Å²) in [4.78, 5) is 26.8. The van der Waals surface area contributed by atoms with Crippen LogP contribution in [0.15, 0.2) is 17.1 Å². The van der Waals surface area contributed by atoms with E-state index < -0.39 is 48.2 Å². The number of anilines is 1. The van der Waals surface area contributed by atoms with Gasteiger partial charge >= 0.3 is 11.7 Å². The Hall–Kier alpha value is -2.52. The third-order valence-corrected chi connectivity index (χ3v) is 3.71. The number of carboxylic acids is 1. The maximum Gasteiger partial charge on any atom is 0.351 e. The van der Waals surface area contributed by atoms with Crippen LogP contribution in [0, 0.1) is 16.7 Å². The Bertz CT molecular complexity index is 714. The number of aliphatic hydroxyl groups excluding tert-OH is 3. The highest BCUT2D eigenvalue weighted by Gasteiger charge is 2.62. The van der Waals surface area contributed by atoms with Gasteiger partial charge in [0.25, 0.3) is 0 Å². The fourth-order valence-electron chi connectivity index (χ4n) is 2.43. The molecule has 2 heterocycles. The zero-order valence-corrected chi connectivity index (χ0v) is 11.6. The second-order valence-electron chi connectivity index (χ2n) is 4.97. The predicted molar refractivity (Wildman–Crippen MR) is 71.6 cm³/mol. The minimum Gasteiger partial charge on any atom is -0.480 e. The Morgan fingerprint density at radius 1 is 1.52 bits per heavy atom. The van der Waals surface area contributed by atoms with Crippen molar-refractivity contribution in [3.63, 3.8) is 0 Å². The van der Waals surface area contributed by atoms with Gasteiger partial charge in [-0.05, 0) is 6.07 Å². The molecule has 6 N–H and O–H groups in total. The standard InChI is InChI=1S/C12H14N4O7/c13-4-12(10(20)21)7(18)5(3-17)23-9(8(12)19)16-2-1-6(14)15-11(16)22/h1-2,5,7-9,17-19H,3H2,(H,20,21)(H2,14,15,22)/t5-,7-,8+,9+,12+/m1/s1. The lowest BCUT2D eigenvalue weighted by Crippen LogP contribution is -2.64. The van der Waals surface area contributed by atoms with Crippen LogP contribution < -0.4 is 11.4 Å². The van der Waals surface area contributed by atoms with Crippen LogP contribution in [-0.2, 0) is 9.53 Å². The molecule has 2 rings (SSSR count). The molecule has 1 fully saturated rings. The second kappa shape index (κ2) is 5.94. The van der Waals surface area contributed by atoms with Crippen LogP contribution in [0.25, 0.3) is 0 Å². The summed E-state index contributed by atoms with van der Waals surface area (Å²) in [6.07, 6.45) is -6.20. The van der Waals surface area contributed by atoms with Crippen molar-refractivity contribution in [2.45, 2.75) is 24.5 Å². The van der Waals surface area contributed by atoms with Crippen molar-refractivity contribution in [3.8, 4) is 6.07 Å². The number of aromatic nitrogens is 2. The van der Waals surface area contributed by atoms with Crippen LogP contribution in [-0.4, -0.2) is 60.9 Å². The molecule has 0 amide bonds. The fourth-order valence-corrected chi connectivity index (χ4v) is 2.43. The molecule has 1 aromatic rings. The molecule has 5 atom stereocenters. The van der Waals surface area contributed by atoms with E-state index in [2.05, 4.69) is 4.98 Å². The van der Waals surface area contributed by atoms with Crippen LogP contribution >= 0.6 is 0 Å². The highest BCUT2D eigenvalue weighted by atomic mass is 16.6. The van der Waals surface area contributed by atoms with E-state index in [4.69, 9.17) is 10.5 Å². The van der Waals surface area contributed by atoms with Crippen molar-refractivity contribution in [2.75, 3.05) is 12.3 Å². The third-order valence-electron chi connectivity index (χ3n) is 3.71. The number of nitrogen functional groups attached to an aromatic ring is 1. The summed E-state index contributed by atoms with van der Waals surface area (Å²) in [6, 6.07) is 2.56. The molecule has 23 heavy (non-hydrogen) atoms. The molecule has 0 spiro atoms. The number of nitrogens with two attached hydrogens (primary N) is 1. The van der Waals surface area contributed by atoms with E-state index in [9.17, 15) is 35.3 Å². The molecule has 0 saturated carbocycles. The summed E-state index contributed by atoms with van der Waals surface area (Å²) in [5.74, 6) is -1.93. The van der Waals surface area contributed by atoms with Crippen molar-refractivity contribution in [3.05, 3.63) is 22.7 Å².